The molecule has 3 fully saturated rings. The van der Waals surface area contributed by atoms with E-state index in [0.717, 1.165) is 36.6 Å². The van der Waals surface area contributed by atoms with Crippen LogP contribution in [0.4, 0.5) is 5.69 Å². The van der Waals surface area contributed by atoms with E-state index in [4.69, 9.17) is 9.47 Å². The molecule has 9 heteroatoms. The highest BCUT2D eigenvalue weighted by Crippen LogP contribution is 2.35. The Kier molecular flexibility index (Phi) is 4.25. The average molecular weight is 400 g/mol. The van der Waals surface area contributed by atoms with Crippen molar-refractivity contribution >= 4 is 28.5 Å². The molecule has 0 saturated carbocycles. The number of aromatic nitrogens is 2. The van der Waals surface area contributed by atoms with Crippen LogP contribution in [0.3, 0.4) is 0 Å². The van der Waals surface area contributed by atoms with Crippen LogP contribution in [0.1, 0.15) is 32.1 Å². The molecule has 0 radical (unpaired) electrons. The smallest absolute Gasteiger partial charge is 0.348 e. The van der Waals surface area contributed by atoms with Crippen LogP contribution in [-0.4, -0.2) is 53.1 Å². The fourth-order valence-corrected chi connectivity index (χ4v) is 4.66. The maximum atomic E-state index is 13.0. The van der Waals surface area contributed by atoms with Crippen molar-refractivity contribution in [3.63, 3.8) is 0 Å². The Morgan fingerprint density at radius 1 is 0.966 bits per heavy atom. The number of carbonyl (C=O) groups excluding carboxylic acids is 2. The predicted molar refractivity (Wildman–Crippen MR) is 105 cm³/mol. The molecule has 0 bridgehead atoms. The maximum absolute atomic E-state index is 13.0. The quantitative estimate of drug-likeness (QED) is 0.695. The van der Waals surface area contributed by atoms with E-state index in [-0.39, 0.29) is 24.7 Å². The third-order valence-electron chi connectivity index (χ3n) is 6.16. The van der Waals surface area contributed by atoms with Gasteiger partial charge in [0.2, 0.25) is 11.8 Å². The number of aryl methyl sites for hydroxylation is 1. The highest BCUT2D eigenvalue weighted by molar-refractivity contribution is 6.11. The van der Waals surface area contributed by atoms with Crippen LogP contribution in [0.15, 0.2) is 23.0 Å². The second-order valence-corrected chi connectivity index (χ2v) is 7.85. The number of hydrogen-bond donors (Lipinski definition) is 0. The molecular formula is C20H24N4O5. The predicted octanol–water partition coefficient (Wildman–Crippen LogP) is 0.858. The minimum absolute atomic E-state index is 0.266. The first-order valence-electron chi connectivity index (χ1n) is 10.1. The van der Waals surface area contributed by atoms with Crippen molar-refractivity contribution in [1.29, 1.82) is 0 Å². The van der Waals surface area contributed by atoms with Gasteiger partial charge in [-0.25, -0.2) is 4.79 Å². The number of amides is 2. The SMILES string of the molecule is Cn1c(=O)n(N2C(=O)CCCC2=O)c2cccc(N3CCC4(CC3)OCCO4)c21. The number of hydrogen-bond acceptors (Lipinski definition) is 6. The third kappa shape index (κ3) is 2.79. The largest absolute Gasteiger partial charge is 0.369 e. The summed E-state index contributed by atoms with van der Waals surface area (Å²) < 4.78 is 14.4. The summed E-state index contributed by atoms with van der Waals surface area (Å²) in [6, 6.07) is 5.61. The van der Waals surface area contributed by atoms with E-state index in [1.807, 2.05) is 12.1 Å². The van der Waals surface area contributed by atoms with Gasteiger partial charge in [0, 0.05) is 45.8 Å². The van der Waals surface area contributed by atoms with Gasteiger partial charge < -0.3 is 14.4 Å². The van der Waals surface area contributed by atoms with Crippen molar-refractivity contribution in [3.05, 3.63) is 28.7 Å². The van der Waals surface area contributed by atoms with Gasteiger partial charge in [-0.2, -0.15) is 9.69 Å². The molecule has 5 rings (SSSR count). The zero-order chi connectivity index (χ0) is 20.2. The topological polar surface area (TPSA) is 86.0 Å². The van der Waals surface area contributed by atoms with Gasteiger partial charge in [-0.05, 0) is 18.6 Å². The summed E-state index contributed by atoms with van der Waals surface area (Å²) in [6.07, 6.45) is 2.56. The zero-order valence-corrected chi connectivity index (χ0v) is 16.4. The van der Waals surface area contributed by atoms with Crippen molar-refractivity contribution in [2.45, 2.75) is 37.9 Å². The number of benzene rings is 1. The number of piperidine rings is 2. The molecule has 3 aliphatic heterocycles. The summed E-state index contributed by atoms with van der Waals surface area (Å²) in [4.78, 5) is 40.1. The lowest BCUT2D eigenvalue weighted by atomic mass is 10.0. The molecule has 2 amide bonds. The normalized spacial score (nSPS) is 22.2. The lowest BCUT2D eigenvalue weighted by molar-refractivity contribution is -0.169. The molecule has 1 spiro atoms. The molecule has 0 atom stereocenters. The van der Waals surface area contributed by atoms with E-state index in [2.05, 4.69) is 4.90 Å². The molecule has 1 aromatic carbocycles. The van der Waals surface area contributed by atoms with Gasteiger partial charge in [-0.3, -0.25) is 14.2 Å². The number of rotatable bonds is 2. The number of anilines is 1. The summed E-state index contributed by atoms with van der Waals surface area (Å²) in [7, 11) is 1.68. The van der Waals surface area contributed by atoms with Crippen molar-refractivity contribution in [2.75, 3.05) is 36.2 Å². The Balaban J connectivity index is 1.56. The Morgan fingerprint density at radius 2 is 1.62 bits per heavy atom. The van der Waals surface area contributed by atoms with Crippen LogP contribution in [0.5, 0.6) is 0 Å². The first-order chi connectivity index (χ1) is 14.0. The molecule has 1 aromatic heterocycles. The van der Waals surface area contributed by atoms with Crippen LogP contribution in [0.25, 0.3) is 11.0 Å². The van der Waals surface area contributed by atoms with Gasteiger partial charge in [0.1, 0.15) is 0 Å². The first-order valence-corrected chi connectivity index (χ1v) is 10.1. The first kappa shape index (κ1) is 18.4. The Bertz CT molecular complexity index is 1020. The minimum Gasteiger partial charge on any atom is -0.369 e. The molecule has 0 unspecified atom stereocenters. The van der Waals surface area contributed by atoms with Gasteiger partial charge in [-0.1, -0.05) is 6.07 Å². The molecule has 29 heavy (non-hydrogen) atoms. The minimum atomic E-state index is -0.477. The second-order valence-electron chi connectivity index (χ2n) is 7.85. The summed E-state index contributed by atoms with van der Waals surface area (Å²) in [5.41, 5.74) is 1.79. The van der Waals surface area contributed by atoms with Crippen LogP contribution >= 0.6 is 0 Å². The molecule has 3 saturated heterocycles. The molecule has 0 N–H and O–H groups in total. The lowest BCUT2D eigenvalue weighted by Crippen LogP contribution is -2.52. The number of fused-ring (bicyclic) bond motifs is 1. The van der Waals surface area contributed by atoms with E-state index in [1.54, 1.807) is 13.1 Å². The lowest BCUT2D eigenvalue weighted by Gasteiger charge is -2.38. The molecule has 9 nitrogen and oxygen atoms in total. The Hall–Kier alpha value is -2.65. The summed E-state index contributed by atoms with van der Waals surface area (Å²) in [6.45, 7) is 2.73. The van der Waals surface area contributed by atoms with Crippen molar-refractivity contribution in [2.24, 2.45) is 7.05 Å². The number of para-hydroxylation sites is 1. The van der Waals surface area contributed by atoms with Crippen LogP contribution in [0.2, 0.25) is 0 Å². The van der Waals surface area contributed by atoms with E-state index < -0.39 is 11.5 Å². The number of imide groups is 1. The molecular weight excluding hydrogens is 376 g/mol. The van der Waals surface area contributed by atoms with Gasteiger partial charge in [0.25, 0.3) is 0 Å². The molecule has 3 aliphatic rings. The van der Waals surface area contributed by atoms with Gasteiger partial charge in [0.05, 0.1) is 29.9 Å². The standard InChI is InChI=1S/C20H24N4O5/c1-21-18-14(22-10-8-20(9-11-22)28-12-13-29-20)4-2-5-15(18)23(19(21)27)24-16(25)6-3-7-17(24)26/h2,4-5H,3,6-13H2,1H3. The van der Waals surface area contributed by atoms with Crippen LogP contribution in [-0.2, 0) is 26.1 Å². The molecule has 4 heterocycles. The van der Waals surface area contributed by atoms with Gasteiger partial charge in [0.15, 0.2) is 5.79 Å². The van der Waals surface area contributed by atoms with E-state index >= 15 is 0 Å². The Morgan fingerprint density at radius 3 is 2.28 bits per heavy atom. The van der Waals surface area contributed by atoms with E-state index in [9.17, 15) is 14.4 Å². The maximum Gasteiger partial charge on any atom is 0.348 e. The van der Waals surface area contributed by atoms with Crippen molar-refractivity contribution in [1.82, 2.24) is 9.24 Å². The van der Waals surface area contributed by atoms with Crippen LogP contribution in [0, 0.1) is 0 Å². The fraction of sp³-hybridized carbons (Fsp3) is 0.550. The van der Waals surface area contributed by atoms with Gasteiger partial charge >= 0.3 is 5.69 Å². The second kappa shape index (κ2) is 6.70. The van der Waals surface area contributed by atoms with E-state index in [1.165, 1.54) is 9.24 Å². The Labute approximate surface area is 167 Å². The molecule has 154 valence electrons. The van der Waals surface area contributed by atoms with Crippen molar-refractivity contribution in [3.8, 4) is 0 Å². The number of ether oxygens (including phenoxy) is 2. The summed E-state index contributed by atoms with van der Waals surface area (Å²) >= 11 is 0. The van der Waals surface area contributed by atoms with Crippen LogP contribution < -0.4 is 15.6 Å². The molecule has 0 aliphatic carbocycles. The third-order valence-corrected chi connectivity index (χ3v) is 6.16. The van der Waals surface area contributed by atoms with Crippen molar-refractivity contribution < 1.29 is 19.1 Å². The monoisotopic (exact) mass is 400 g/mol. The highest BCUT2D eigenvalue weighted by atomic mass is 16.7. The fourth-order valence-electron chi connectivity index (χ4n) is 4.66. The van der Waals surface area contributed by atoms with E-state index in [0.29, 0.717) is 30.7 Å². The summed E-state index contributed by atoms with van der Waals surface area (Å²) in [5.74, 6) is -1.15. The average Bonchev–Trinajstić information content (AvgIpc) is 3.27. The highest BCUT2D eigenvalue weighted by Gasteiger charge is 2.40. The number of nitrogens with zero attached hydrogens (tertiary/aromatic N) is 4. The molecule has 2 aromatic rings. The number of carbonyl (C=O) groups is 2. The number of imidazole rings is 1. The van der Waals surface area contributed by atoms with Gasteiger partial charge in [-0.15, -0.1) is 0 Å². The summed E-state index contributed by atoms with van der Waals surface area (Å²) in [5, 5.41) is 1.02. The zero-order valence-electron chi connectivity index (χ0n) is 16.4.